The van der Waals surface area contributed by atoms with Gasteiger partial charge in [-0.25, -0.2) is 4.98 Å². The van der Waals surface area contributed by atoms with Gasteiger partial charge in [0.15, 0.2) is 0 Å². The van der Waals surface area contributed by atoms with Crippen LogP contribution >= 0.6 is 0 Å². The van der Waals surface area contributed by atoms with Crippen molar-refractivity contribution in [2.75, 3.05) is 33.3 Å². The molecule has 0 N–H and O–H groups in total. The molecule has 0 radical (unpaired) electrons. The number of imidazole rings is 1. The molecule has 0 saturated carbocycles. The van der Waals surface area contributed by atoms with Crippen LogP contribution in [0.2, 0.25) is 0 Å². The fourth-order valence-corrected chi connectivity index (χ4v) is 3.81. The van der Waals surface area contributed by atoms with Crippen LogP contribution in [0.1, 0.15) is 32.1 Å². The van der Waals surface area contributed by atoms with Crippen molar-refractivity contribution in [3.8, 4) is 11.5 Å². The Labute approximate surface area is 193 Å². The Bertz CT molecular complexity index is 1130. The lowest BCUT2D eigenvalue weighted by Gasteiger charge is -2.35. The predicted molar refractivity (Wildman–Crippen MR) is 124 cm³/mol. The summed E-state index contributed by atoms with van der Waals surface area (Å²) in [5, 5.41) is 0. The first-order chi connectivity index (χ1) is 16.0. The van der Waals surface area contributed by atoms with Gasteiger partial charge in [-0.05, 0) is 48.9 Å². The van der Waals surface area contributed by atoms with Gasteiger partial charge in [0.2, 0.25) is 0 Å². The number of aryl methyl sites for hydroxylation is 2. The van der Waals surface area contributed by atoms with Crippen molar-refractivity contribution in [1.82, 2.24) is 19.4 Å². The topological polar surface area (TPSA) is 76.9 Å². The number of piperazine rings is 1. The Morgan fingerprint density at radius 1 is 0.939 bits per heavy atom. The third kappa shape index (κ3) is 5.00. The number of amides is 2. The van der Waals surface area contributed by atoms with Crippen molar-refractivity contribution in [3.63, 3.8) is 0 Å². The van der Waals surface area contributed by atoms with E-state index in [1.807, 2.05) is 36.9 Å². The Balaban J connectivity index is 1.31. The molecule has 8 heteroatoms. The van der Waals surface area contributed by atoms with E-state index in [1.54, 1.807) is 53.4 Å². The number of carbonyl (C=O) groups is 2. The largest absolute Gasteiger partial charge is 0.496 e. The number of nitrogens with zero attached hydrogens (tertiary/aromatic N) is 4. The predicted octanol–water partition coefficient (Wildman–Crippen LogP) is 2.91. The molecule has 2 heterocycles. The van der Waals surface area contributed by atoms with Crippen molar-refractivity contribution >= 4 is 11.8 Å². The van der Waals surface area contributed by atoms with E-state index >= 15 is 0 Å². The third-order valence-corrected chi connectivity index (χ3v) is 5.90. The fourth-order valence-electron chi connectivity index (χ4n) is 3.81. The highest BCUT2D eigenvalue weighted by Crippen LogP contribution is 2.21. The van der Waals surface area contributed by atoms with Crippen molar-refractivity contribution in [1.29, 1.82) is 0 Å². The van der Waals surface area contributed by atoms with Gasteiger partial charge in [-0.2, -0.15) is 0 Å². The number of hydrogen-bond acceptors (Lipinski definition) is 5. The van der Waals surface area contributed by atoms with Crippen LogP contribution in [0.5, 0.6) is 11.5 Å². The first-order valence-corrected chi connectivity index (χ1v) is 10.9. The number of ether oxygens (including phenoxy) is 2. The smallest absolute Gasteiger partial charge is 0.254 e. The highest BCUT2D eigenvalue weighted by atomic mass is 16.5. The molecule has 2 aromatic carbocycles. The normalized spacial score (nSPS) is 13.7. The lowest BCUT2D eigenvalue weighted by Crippen LogP contribution is -2.50. The van der Waals surface area contributed by atoms with Crippen LogP contribution in [-0.2, 0) is 13.7 Å². The van der Waals surface area contributed by atoms with Gasteiger partial charge in [0.1, 0.15) is 23.9 Å². The summed E-state index contributed by atoms with van der Waals surface area (Å²) >= 11 is 0. The van der Waals surface area contributed by atoms with E-state index in [1.165, 1.54) is 0 Å². The maximum atomic E-state index is 12.9. The maximum Gasteiger partial charge on any atom is 0.254 e. The molecule has 2 amide bonds. The average molecular weight is 449 g/mol. The lowest BCUT2D eigenvalue weighted by molar-refractivity contribution is 0.0535. The van der Waals surface area contributed by atoms with E-state index in [-0.39, 0.29) is 11.8 Å². The van der Waals surface area contributed by atoms with E-state index < -0.39 is 0 Å². The first kappa shape index (κ1) is 22.4. The SMILES string of the molecule is COc1cc(C(=O)N2CCN(C(=O)c3ccc(OCc4nccn4C)cc3)CC2)ccc1C. The van der Waals surface area contributed by atoms with E-state index in [9.17, 15) is 9.59 Å². The zero-order chi connectivity index (χ0) is 23.4. The van der Waals surface area contributed by atoms with Gasteiger partial charge >= 0.3 is 0 Å². The van der Waals surface area contributed by atoms with Gasteiger partial charge in [0.05, 0.1) is 7.11 Å². The van der Waals surface area contributed by atoms with E-state index in [0.29, 0.717) is 55.4 Å². The van der Waals surface area contributed by atoms with Crippen molar-refractivity contribution in [2.45, 2.75) is 13.5 Å². The average Bonchev–Trinajstić information content (AvgIpc) is 3.27. The molecular weight excluding hydrogens is 420 g/mol. The highest BCUT2D eigenvalue weighted by Gasteiger charge is 2.26. The molecule has 33 heavy (non-hydrogen) atoms. The second-order valence-electron chi connectivity index (χ2n) is 8.04. The molecule has 0 atom stereocenters. The Kier molecular flexibility index (Phi) is 6.63. The molecule has 0 bridgehead atoms. The summed E-state index contributed by atoms with van der Waals surface area (Å²) in [5.74, 6) is 2.11. The first-order valence-electron chi connectivity index (χ1n) is 10.9. The monoisotopic (exact) mass is 448 g/mol. The van der Waals surface area contributed by atoms with E-state index in [4.69, 9.17) is 9.47 Å². The fraction of sp³-hybridized carbons (Fsp3) is 0.320. The summed E-state index contributed by atoms with van der Waals surface area (Å²) in [6.45, 7) is 4.27. The molecule has 1 fully saturated rings. The molecule has 0 spiro atoms. The minimum atomic E-state index is -0.0467. The number of methoxy groups -OCH3 is 1. The Morgan fingerprint density at radius 2 is 1.55 bits per heavy atom. The second-order valence-corrected chi connectivity index (χ2v) is 8.04. The molecule has 4 rings (SSSR count). The summed E-state index contributed by atoms with van der Waals surface area (Å²) in [5.41, 5.74) is 2.18. The van der Waals surface area contributed by atoms with Gasteiger partial charge in [0.25, 0.3) is 11.8 Å². The van der Waals surface area contributed by atoms with Crippen molar-refractivity contribution in [3.05, 3.63) is 77.4 Å². The molecule has 3 aromatic rings. The van der Waals surface area contributed by atoms with Crippen molar-refractivity contribution < 1.29 is 19.1 Å². The standard InChI is InChI=1S/C25H28N4O4/c1-18-4-5-20(16-22(18)32-3)25(31)29-14-12-28(13-15-29)24(30)19-6-8-21(9-7-19)33-17-23-26-10-11-27(23)2/h4-11,16H,12-15,17H2,1-3H3. The molecule has 0 unspecified atom stereocenters. The van der Waals surface area contributed by atoms with Gasteiger partial charge < -0.3 is 23.8 Å². The zero-order valence-corrected chi connectivity index (χ0v) is 19.2. The molecule has 172 valence electrons. The number of benzene rings is 2. The van der Waals surface area contributed by atoms with Gasteiger partial charge in [-0.3, -0.25) is 9.59 Å². The number of carbonyl (C=O) groups excluding carboxylic acids is 2. The number of hydrogen-bond donors (Lipinski definition) is 0. The maximum absolute atomic E-state index is 12.9. The molecule has 0 aliphatic carbocycles. The van der Waals surface area contributed by atoms with Gasteiger partial charge in [0, 0.05) is 56.7 Å². The summed E-state index contributed by atoms with van der Waals surface area (Å²) in [4.78, 5) is 33.6. The van der Waals surface area contributed by atoms with Crippen LogP contribution < -0.4 is 9.47 Å². The van der Waals surface area contributed by atoms with Crippen molar-refractivity contribution in [2.24, 2.45) is 7.05 Å². The van der Waals surface area contributed by atoms with E-state index in [2.05, 4.69) is 4.98 Å². The minimum absolute atomic E-state index is 0.0465. The molecule has 1 aromatic heterocycles. The Hall–Kier alpha value is -3.81. The summed E-state index contributed by atoms with van der Waals surface area (Å²) < 4.78 is 13.0. The van der Waals surface area contributed by atoms with Gasteiger partial charge in [-0.15, -0.1) is 0 Å². The van der Waals surface area contributed by atoms with Crippen LogP contribution in [0.15, 0.2) is 54.9 Å². The quantitative estimate of drug-likeness (QED) is 0.580. The van der Waals surface area contributed by atoms with Crippen LogP contribution in [0, 0.1) is 6.92 Å². The van der Waals surface area contributed by atoms with Crippen LogP contribution in [0.4, 0.5) is 0 Å². The lowest BCUT2D eigenvalue weighted by atomic mass is 10.1. The summed E-state index contributed by atoms with van der Waals surface area (Å²) in [6, 6.07) is 12.6. The highest BCUT2D eigenvalue weighted by molar-refractivity contribution is 5.96. The third-order valence-electron chi connectivity index (χ3n) is 5.90. The van der Waals surface area contributed by atoms with Crippen LogP contribution in [0.3, 0.4) is 0 Å². The molecule has 8 nitrogen and oxygen atoms in total. The summed E-state index contributed by atoms with van der Waals surface area (Å²) in [7, 11) is 3.51. The second kappa shape index (κ2) is 9.77. The van der Waals surface area contributed by atoms with E-state index in [0.717, 1.165) is 11.4 Å². The Morgan fingerprint density at radius 3 is 2.12 bits per heavy atom. The molecule has 1 saturated heterocycles. The van der Waals surface area contributed by atoms with Crippen LogP contribution in [-0.4, -0.2) is 64.5 Å². The zero-order valence-electron chi connectivity index (χ0n) is 19.2. The molecular formula is C25H28N4O4. The molecule has 1 aliphatic heterocycles. The number of rotatable bonds is 6. The van der Waals surface area contributed by atoms with Gasteiger partial charge in [-0.1, -0.05) is 6.07 Å². The number of aromatic nitrogens is 2. The molecule has 1 aliphatic rings. The summed E-state index contributed by atoms with van der Waals surface area (Å²) in [6.07, 6.45) is 3.59. The van der Waals surface area contributed by atoms with Crippen LogP contribution in [0.25, 0.3) is 0 Å². The minimum Gasteiger partial charge on any atom is -0.496 e.